The molecule has 1 N–H and O–H groups in total. The number of rotatable bonds is 4. The third kappa shape index (κ3) is 4.04. The minimum absolute atomic E-state index is 0.239. The van der Waals surface area contributed by atoms with Crippen LogP contribution < -0.4 is 10.1 Å². The smallest absolute Gasteiger partial charge is 0.317 e. The van der Waals surface area contributed by atoms with Gasteiger partial charge in [0.2, 0.25) is 0 Å². The lowest BCUT2D eigenvalue weighted by molar-refractivity contribution is 0.208. The number of halogens is 1. The Labute approximate surface area is 135 Å². The molecule has 0 unspecified atom stereocenters. The van der Waals surface area contributed by atoms with Gasteiger partial charge >= 0.3 is 6.03 Å². The van der Waals surface area contributed by atoms with Crippen LogP contribution in [-0.4, -0.2) is 51.1 Å². The Hall–Kier alpha value is -1.47. The van der Waals surface area contributed by atoms with Gasteiger partial charge in [-0.1, -0.05) is 17.7 Å². The summed E-state index contributed by atoms with van der Waals surface area (Å²) in [6.45, 7) is 0.975. The number of methoxy groups -OCH3 is 1. The van der Waals surface area contributed by atoms with E-state index in [-0.39, 0.29) is 12.6 Å². The molecule has 1 aromatic rings. The molecule has 1 heterocycles. The topological polar surface area (TPSA) is 75.7 Å². The Morgan fingerprint density at radius 1 is 1.50 bits per heavy atom. The first kappa shape index (κ1) is 16.9. The molecule has 2 amide bonds. The van der Waals surface area contributed by atoms with Crippen LogP contribution in [0.25, 0.3) is 0 Å². The number of nitrogens with zero attached hydrogens (tertiary/aromatic N) is 1. The number of hydrogen-bond acceptors (Lipinski definition) is 4. The van der Waals surface area contributed by atoms with Crippen LogP contribution in [0.4, 0.5) is 4.79 Å². The number of sulfone groups is 1. The summed E-state index contributed by atoms with van der Waals surface area (Å²) in [5, 5.41) is 2.86. The van der Waals surface area contributed by atoms with Gasteiger partial charge in [0.15, 0.2) is 9.84 Å². The lowest BCUT2D eigenvalue weighted by atomic mass is 10.2. The van der Waals surface area contributed by atoms with Gasteiger partial charge in [0, 0.05) is 36.5 Å². The molecule has 0 radical (unpaired) electrons. The maximum atomic E-state index is 12.1. The first-order chi connectivity index (χ1) is 10.3. The average molecular weight is 347 g/mol. The monoisotopic (exact) mass is 346 g/mol. The highest BCUT2D eigenvalue weighted by atomic mass is 35.5. The molecule has 1 fully saturated rings. The highest BCUT2D eigenvalue weighted by Gasteiger charge is 2.32. The number of benzene rings is 1. The van der Waals surface area contributed by atoms with Crippen LogP contribution in [-0.2, 0) is 16.4 Å². The van der Waals surface area contributed by atoms with Crippen LogP contribution in [0.2, 0.25) is 5.02 Å². The normalized spacial score (nSPS) is 18.3. The molecule has 1 aromatic carbocycles. The summed E-state index contributed by atoms with van der Waals surface area (Å²) in [4.78, 5) is 13.6. The third-order valence-electron chi connectivity index (χ3n) is 3.72. The van der Waals surface area contributed by atoms with Crippen molar-refractivity contribution in [3.8, 4) is 5.75 Å². The van der Waals surface area contributed by atoms with Gasteiger partial charge in [-0.05, 0) is 18.6 Å². The number of carbonyl (C=O) groups is 1. The van der Waals surface area contributed by atoms with E-state index in [1.54, 1.807) is 18.2 Å². The van der Waals surface area contributed by atoms with Crippen molar-refractivity contribution in [3.05, 3.63) is 28.8 Å². The summed E-state index contributed by atoms with van der Waals surface area (Å²) in [5.41, 5.74) is 0.805. The van der Waals surface area contributed by atoms with Crippen LogP contribution >= 0.6 is 11.6 Å². The van der Waals surface area contributed by atoms with E-state index in [1.165, 1.54) is 18.3 Å². The van der Waals surface area contributed by atoms with Gasteiger partial charge in [-0.3, -0.25) is 0 Å². The SMILES string of the molecule is COc1cc(Cl)ccc1CNC(=O)N1CC[C@@H](S(C)(=O)=O)C1. The molecule has 0 aliphatic carbocycles. The molecular weight excluding hydrogens is 328 g/mol. The van der Waals surface area contributed by atoms with Gasteiger partial charge < -0.3 is 15.0 Å². The molecule has 22 heavy (non-hydrogen) atoms. The summed E-state index contributed by atoms with van der Waals surface area (Å²) < 4.78 is 28.2. The number of urea groups is 1. The number of nitrogens with one attached hydrogen (secondary N) is 1. The molecule has 0 saturated carbocycles. The van der Waals surface area contributed by atoms with E-state index in [2.05, 4.69) is 5.32 Å². The second kappa shape index (κ2) is 6.75. The Balaban J connectivity index is 1.94. The highest BCUT2D eigenvalue weighted by Crippen LogP contribution is 2.23. The molecule has 0 aromatic heterocycles. The van der Waals surface area contributed by atoms with Gasteiger partial charge in [0.05, 0.1) is 12.4 Å². The van der Waals surface area contributed by atoms with Gasteiger partial charge in [-0.15, -0.1) is 0 Å². The predicted octanol–water partition coefficient (Wildman–Crippen LogP) is 1.68. The van der Waals surface area contributed by atoms with E-state index in [0.29, 0.717) is 30.3 Å². The zero-order chi connectivity index (χ0) is 16.3. The van der Waals surface area contributed by atoms with E-state index in [9.17, 15) is 13.2 Å². The fourth-order valence-corrected chi connectivity index (χ4v) is 3.56. The summed E-state index contributed by atoms with van der Waals surface area (Å²) in [6, 6.07) is 4.91. The van der Waals surface area contributed by atoms with Crippen molar-refractivity contribution in [2.45, 2.75) is 18.2 Å². The quantitative estimate of drug-likeness (QED) is 0.900. The summed E-state index contributed by atoms with van der Waals surface area (Å²) in [6.07, 6.45) is 1.69. The van der Waals surface area contributed by atoms with Crippen molar-refractivity contribution in [2.75, 3.05) is 26.5 Å². The lowest BCUT2D eigenvalue weighted by Gasteiger charge is -2.18. The summed E-state index contributed by atoms with van der Waals surface area (Å²) >= 11 is 5.89. The molecule has 1 aliphatic rings. The van der Waals surface area contributed by atoms with Crippen LogP contribution in [0.5, 0.6) is 5.75 Å². The largest absolute Gasteiger partial charge is 0.496 e. The maximum Gasteiger partial charge on any atom is 0.317 e. The summed E-state index contributed by atoms with van der Waals surface area (Å²) in [7, 11) is -1.57. The van der Waals surface area contributed by atoms with E-state index >= 15 is 0 Å². The standard InChI is InChI=1S/C14H19ClN2O4S/c1-21-13-7-11(15)4-3-10(13)8-16-14(18)17-6-5-12(9-17)22(2,19)20/h3-4,7,12H,5-6,8-9H2,1-2H3,(H,16,18)/t12-/m1/s1. The molecule has 1 aliphatic heterocycles. The third-order valence-corrected chi connectivity index (χ3v) is 5.55. The van der Waals surface area contributed by atoms with Crippen molar-refractivity contribution in [1.82, 2.24) is 10.2 Å². The molecule has 1 atom stereocenters. The van der Waals surface area contributed by atoms with Crippen LogP contribution in [0, 0.1) is 0 Å². The second-order valence-corrected chi connectivity index (χ2v) is 8.06. The number of carbonyl (C=O) groups excluding carboxylic acids is 1. The van der Waals surface area contributed by atoms with Crippen molar-refractivity contribution >= 4 is 27.5 Å². The predicted molar refractivity (Wildman–Crippen MR) is 85.1 cm³/mol. The Bertz CT molecular complexity index is 663. The molecule has 0 bridgehead atoms. The molecule has 122 valence electrons. The molecule has 8 heteroatoms. The van der Waals surface area contributed by atoms with Crippen LogP contribution in [0.3, 0.4) is 0 Å². The van der Waals surface area contributed by atoms with E-state index < -0.39 is 15.1 Å². The van der Waals surface area contributed by atoms with Crippen molar-refractivity contribution in [1.29, 1.82) is 0 Å². The van der Waals surface area contributed by atoms with Crippen molar-refractivity contribution in [3.63, 3.8) is 0 Å². The Kier molecular flexibility index (Phi) is 5.18. The van der Waals surface area contributed by atoms with E-state index in [1.807, 2.05) is 0 Å². The van der Waals surface area contributed by atoms with Crippen molar-refractivity contribution < 1.29 is 17.9 Å². The minimum Gasteiger partial charge on any atom is -0.496 e. The zero-order valence-electron chi connectivity index (χ0n) is 12.5. The van der Waals surface area contributed by atoms with Gasteiger partial charge in [0.25, 0.3) is 0 Å². The zero-order valence-corrected chi connectivity index (χ0v) is 14.1. The lowest BCUT2D eigenvalue weighted by Crippen LogP contribution is -2.39. The Morgan fingerprint density at radius 2 is 2.23 bits per heavy atom. The van der Waals surface area contributed by atoms with Gasteiger partial charge in [0.1, 0.15) is 5.75 Å². The number of ether oxygens (including phenoxy) is 1. The van der Waals surface area contributed by atoms with E-state index in [0.717, 1.165) is 5.56 Å². The average Bonchev–Trinajstić information content (AvgIpc) is 2.95. The van der Waals surface area contributed by atoms with Crippen LogP contribution in [0.15, 0.2) is 18.2 Å². The molecule has 1 saturated heterocycles. The van der Waals surface area contributed by atoms with E-state index in [4.69, 9.17) is 16.3 Å². The van der Waals surface area contributed by atoms with Gasteiger partial charge in [-0.25, -0.2) is 13.2 Å². The molecule has 6 nitrogen and oxygen atoms in total. The number of likely N-dealkylation sites (tertiary alicyclic amines) is 1. The fraction of sp³-hybridized carbons (Fsp3) is 0.500. The second-order valence-electron chi connectivity index (χ2n) is 5.30. The first-order valence-electron chi connectivity index (χ1n) is 6.85. The van der Waals surface area contributed by atoms with Crippen LogP contribution in [0.1, 0.15) is 12.0 Å². The number of hydrogen-bond donors (Lipinski definition) is 1. The highest BCUT2D eigenvalue weighted by molar-refractivity contribution is 7.91. The molecular formula is C14H19ClN2O4S. The Morgan fingerprint density at radius 3 is 2.82 bits per heavy atom. The summed E-state index contributed by atoms with van der Waals surface area (Å²) in [5.74, 6) is 0.600. The molecule has 0 spiro atoms. The fourth-order valence-electron chi connectivity index (χ4n) is 2.41. The van der Waals surface area contributed by atoms with Crippen molar-refractivity contribution in [2.24, 2.45) is 0 Å². The first-order valence-corrected chi connectivity index (χ1v) is 9.18. The molecule has 2 rings (SSSR count). The van der Waals surface area contributed by atoms with Gasteiger partial charge in [-0.2, -0.15) is 0 Å². The number of amides is 2. The maximum absolute atomic E-state index is 12.1. The minimum atomic E-state index is -3.11.